The molecule has 3 atom stereocenters. The summed E-state index contributed by atoms with van der Waals surface area (Å²) in [6.45, 7) is 5.20. The monoisotopic (exact) mass is 489 g/mol. The molecule has 1 saturated carbocycles. The zero-order valence-electron chi connectivity index (χ0n) is 18.4. The predicted molar refractivity (Wildman–Crippen MR) is 129 cm³/mol. The van der Waals surface area contributed by atoms with Gasteiger partial charge in [0.1, 0.15) is 12.7 Å². The Morgan fingerprint density at radius 3 is 2.84 bits per heavy atom. The molecule has 2 aliphatic heterocycles. The molecule has 1 spiro atoms. The number of piperidine rings is 1. The van der Waals surface area contributed by atoms with E-state index in [9.17, 15) is 0 Å². The molecular weight excluding hydrogens is 462 g/mol. The predicted octanol–water partition coefficient (Wildman–Crippen LogP) is 5.95. The molecule has 3 nitrogen and oxygen atoms in total. The van der Waals surface area contributed by atoms with Crippen molar-refractivity contribution in [1.82, 2.24) is 4.90 Å². The summed E-state index contributed by atoms with van der Waals surface area (Å²) in [6.07, 6.45) is 9.84. The van der Waals surface area contributed by atoms with Crippen molar-refractivity contribution in [3.05, 3.63) is 80.9 Å². The van der Waals surface area contributed by atoms with E-state index in [4.69, 9.17) is 9.47 Å². The maximum Gasteiger partial charge on any atom is 0.166 e. The number of allylic oxidation sites excluding steroid dienone is 2. The van der Waals surface area contributed by atoms with Crippen LogP contribution in [0.2, 0.25) is 0 Å². The van der Waals surface area contributed by atoms with Crippen LogP contribution in [0.3, 0.4) is 0 Å². The van der Waals surface area contributed by atoms with Crippen molar-refractivity contribution < 1.29 is 9.47 Å². The van der Waals surface area contributed by atoms with E-state index in [0.717, 1.165) is 36.8 Å². The summed E-state index contributed by atoms with van der Waals surface area (Å²) in [6, 6.07) is 13.0. The van der Waals surface area contributed by atoms with Crippen molar-refractivity contribution in [1.29, 1.82) is 0 Å². The fourth-order valence-electron chi connectivity index (χ4n) is 6.63. The van der Waals surface area contributed by atoms with Gasteiger partial charge in [-0.15, -0.1) is 0 Å². The number of ether oxygens (including phenoxy) is 2. The Morgan fingerprint density at radius 2 is 2.03 bits per heavy atom. The zero-order valence-corrected chi connectivity index (χ0v) is 20.0. The number of likely N-dealkylation sites (tertiary alicyclic amines) is 1. The Labute approximate surface area is 198 Å². The van der Waals surface area contributed by atoms with Crippen molar-refractivity contribution in [2.45, 2.75) is 56.8 Å². The molecule has 0 N–H and O–H groups in total. The van der Waals surface area contributed by atoms with Crippen molar-refractivity contribution in [2.75, 3.05) is 13.1 Å². The van der Waals surface area contributed by atoms with Crippen molar-refractivity contribution in [3.63, 3.8) is 0 Å². The van der Waals surface area contributed by atoms with Gasteiger partial charge in [0.2, 0.25) is 0 Å². The van der Waals surface area contributed by atoms with Gasteiger partial charge in [-0.05, 0) is 66.9 Å². The maximum atomic E-state index is 6.82. The van der Waals surface area contributed by atoms with Gasteiger partial charge in [-0.2, -0.15) is 0 Å². The lowest BCUT2D eigenvalue weighted by atomic mass is 9.56. The van der Waals surface area contributed by atoms with Gasteiger partial charge in [0, 0.05) is 29.2 Å². The third kappa shape index (κ3) is 2.69. The Balaban J connectivity index is 1.34. The lowest BCUT2D eigenvalue weighted by Crippen LogP contribution is -2.59. The van der Waals surface area contributed by atoms with Crippen LogP contribution < -0.4 is 9.47 Å². The summed E-state index contributed by atoms with van der Waals surface area (Å²) in [7, 11) is 0. The normalized spacial score (nSPS) is 29.7. The van der Waals surface area contributed by atoms with Gasteiger partial charge < -0.3 is 9.47 Å². The standard InChI is InChI=1S/C28H28BrNO2/c1-17-7-10-21-23-13-20-22(29)14-24(31-16-19-5-3-2-4-6-19)26-25(20)28(21,27(17)32-26)11-12-30(23)15-18-8-9-18/h2-7,10,14,18,23,27H,8-9,11-13,15-16H2,1H3/t23-,27?,28?/m0/s1. The Kier molecular flexibility index (Phi) is 4.24. The van der Waals surface area contributed by atoms with E-state index in [1.54, 1.807) is 5.57 Å². The van der Waals surface area contributed by atoms with Crippen LogP contribution in [0, 0.1) is 5.92 Å². The average Bonchev–Trinajstić information content (AvgIpc) is 3.55. The smallest absolute Gasteiger partial charge is 0.166 e. The lowest BCUT2D eigenvalue weighted by molar-refractivity contribution is 0.0912. The highest BCUT2D eigenvalue weighted by Crippen LogP contribution is 2.63. The summed E-state index contributed by atoms with van der Waals surface area (Å²) in [5.74, 6) is 2.77. The first-order valence-electron chi connectivity index (χ1n) is 12.0. The van der Waals surface area contributed by atoms with Crippen LogP contribution in [-0.2, 0) is 18.4 Å². The molecule has 2 bridgehead atoms. The highest BCUT2D eigenvalue weighted by Gasteiger charge is 2.61. The van der Waals surface area contributed by atoms with Crippen LogP contribution >= 0.6 is 15.9 Å². The minimum atomic E-state index is -0.0267. The van der Waals surface area contributed by atoms with Gasteiger partial charge in [0.15, 0.2) is 11.5 Å². The second kappa shape index (κ2) is 6.98. The second-order valence-electron chi connectivity index (χ2n) is 10.2. The van der Waals surface area contributed by atoms with Crippen LogP contribution in [-0.4, -0.2) is 30.1 Å². The molecule has 2 fully saturated rings. The molecule has 0 aromatic heterocycles. The summed E-state index contributed by atoms with van der Waals surface area (Å²) < 4.78 is 14.4. The highest BCUT2D eigenvalue weighted by atomic mass is 79.9. The van der Waals surface area contributed by atoms with Crippen molar-refractivity contribution in [2.24, 2.45) is 5.92 Å². The van der Waals surface area contributed by atoms with E-state index in [-0.39, 0.29) is 11.5 Å². The number of halogens is 1. The summed E-state index contributed by atoms with van der Waals surface area (Å²) in [4.78, 5) is 2.77. The molecule has 4 heteroatoms. The van der Waals surface area contributed by atoms with E-state index in [1.807, 2.05) is 6.07 Å². The number of benzene rings is 2. The van der Waals surface area contributed by atoms with Crippen molar-refractivity contribution >= 4 is 15.9 Å². The molecule has 0 amide bonds. The van der Waals surface area contributed by atoms with Gasteiger partial charge in [-0.25, -0.2) is 0 Å². The summed E-state index contributed by atoms with van der Waals surface area (Å²) in [5.41, 5.74) is 6.90. The van der Waals surface area contributed by atoms with Crippen LogP contribution in [0.1, 0.15) is 42.9 Å². The van der Waals surface area contributed by atoms with E-state index < -0.39 is 0 Å². The van der Waals surface area contributed by atoms with Gasteiger partial charge in [-0.1, -0.05) is 58.4 Å². The highest BCUT2D eigenvalue weighted by molar-refractivity contribution is 9.10. The fourth-order valence-corrected chi connectivity index (χ4v) is 7.19. The van der Waals surface area contributed by atoms with Gasteiger partial charge in [0.05, 0.1) is 5.41 Å². The minimum absolute atomic E-state index is 0.0267. The van der Waals surface area contributed by atoms with Gasteiger partial charge in [0.25, 0.3) is 0 Å². The van der Waals surface area contributed by atoms with Crippen LogP contribution in [0.25, 0.3) is 0 Å². The molecule has 2 heterocycles. The van der Waals surface area contributed by atoms with Gasteiger partial charge in [-0.3, -0.25) is 4.90 Å². The molecule has 2 unspecified atom stereocenters. The molecule has 2 aromatic carbocycles. The Bertz CT molecular complexity index is 1170. The van der Waals surface area contributed by atoms with Crippen LogP contribution in [0.4, 0.5) is 0 Å². The third-order valence-electron chi connectivity index (χ3n) is 8.30. The molecule has 0 radical (unpaired) electrons. The lowest BCUT2D eigenvalue weighted by Gasteiger charge is -2.54. The summed E-state index contributed by atoms with van der Waals surface area (Å²) in [5, 5.41) is 0. The average molecular weight is 490 g/mol. The first kappa shape index (κ1) is 19.4. The summed E-state index contributed by atoms with van der Waals surface area (Å²) >= 11 is 3.94. The molecule has 1 saturated heterocycles. The molecule has 5 aliphatic rings. The van der Waals surface area contributed by atoms with E-state index in [2.05, 4.69) is 70.2 Å². The Morgan fingerprint density at radius 1 is 1.19 bits per heavy atom. The second-order valence-corrected chi connectivity index (χ2v) is 11.1. The first-order valence-corrected chi connectivity index (χ1v) is 12.8. The van der Waals surface area contributed by atoms with Crippen molar-refractivity contribution in [3.8, 4) is 11.5 Å². The SMILES string of the molecule is CC1=CC=C2[C@@H]3Cc4c(Br)cc(OCc5ccccc5)c5c4C2(CCN3CC2CC2)C1O5. The maximum absolute atomic E-state index is 6.82. The molecular formula is C28H28BrNO2. The van der Waals surface area contributed by atoms with E-state index >= 15 is 0 Å². The number of nitrogens with zero attached hydrogens (tertiary/aromatic N) is 1. The zero-order chi connectivity index (χ0) is 21.4. The van der Waals surface area contributed by atoms with Gasteiger partial charge >= 0.3 is 0 Å². The topological polar surface area (TPSA) is 21.7 Å². The van der Waals surface area contributed by atoms with Crippen LogP contribution in [0.5, 0.6) is 11.5 Å². The number of rotatable bonds is 5. The molecule has 32 heavy (non-hydrogen) atoms. The van der Waals surface area contributed by atoms with Crippen LogP contribution in [0.15, 0.2) is 64.2 Å². The van der Waals surface area contributed by atoms with E-state index in [0.29, 0.717) is 12.6 Å². The molecule has 7 rings (SSSR count). The third-order valence-corrected chi connectivity index (χ3v) is 9.01. The first-order chi connectivity index (χ1) is 15.6. The molecule has 164 valence electrons. The molecule has 3 aliphatic carbocycles. The number of hydrogen-bond donors (Lipinski definition) is 0. The quantitative estimate of drug-likeness (QED) is 0.517. The molecule has 2 aromatic rings. The Hall–Kier alpha value is -2.04. The largest absolute Gasteiger partial charge is 0.485 e. The van der Waals surface area contributed by atoms with E-state index in [1.165, 1.54) is 46.1 Å². The fraction of sp³-hybridized carbons (Fsp3) is 0.429. The minimum Gasteiger partial charge on any atom is -0.485 e. The number of hydrogen-bond acceptors (Lipinski definition) is 3.